The van der Waals surface area contributed by atoms with Gasteiger partial charge in [0.15, 0.2) is 11.5 Å². The molecule has 2 aromatic rings. The minimum Gasteiger partial charge on any atom is -0.486 e. The molecule has 6 heteroatoms. The van der Waals surface area contributed by atoms with E-state index in [-0.39, 0.29) is 11.9 Å². The van der Waals surface area contributed by atoms with Gasteiger partial charge in [0.2, 0.25) is 5.91 Å². The van der Waals surface area contributed by atoms with E-state index in [4.69, 9.17) is 9.47 Å². The first-order valence-electron chi connectivity index (χ1n) is 8.82. The molecular formula is C19H23N3O3. The molecule has 1 atom stereocenters. The molecule has 1 aromatic carbocycles. The minimum absolute atomic E-state index is 0.0975. The second-order valence-electron chi connectivity index (χ2n) is 6.73. The highest BCUT2D eigenvalue weighted by molar-refractivity contribution is 5.77. The van der Waals surface area contributed by atoms with Crippen LogP contribution in [-0.2, 0) is 11.3 Å². The zero-order chi connectivity index (χ0) is 17.4. The first-order chi connectivity index (χ1) is 12.1. The molecule has 1 aromatic heterocycles. The topological polar surface area (TPSA) is 56.6 Å². The van der Waals surface area contributed by atoms with Gasteiger partial charge in [-0.15, -0.1) is 0 Å². The number of aromatic nitrogens is 2. The third kappa shape index (κ3) is 3.08. The van der Waals surface area contributed by atoms with Crippen molar-refractivity contribution in [2.24, 2.45) is 0 Å². The van der Waals surface area contributed by atoms with Crippen LogP contribution in [-0.4, -0.2) is 40.3 Å². The number of carbonyl (C=O) groups excluding carboxylic acids is 1. The lowest BCUT2D eigenvalue weighted by atomic mass is 10.0. The monoisotopic (exact) mass is 341 g/mol. The molecule has 2 aliphatic heterocycles. The Bertz CT molecular complexity index is 799. The standard InChI is InChI=1S/C19H23N3O3/c1-13-10-14(2)22(20-13)12-19(23)21-7-3-4-16(21)15-5-6-17-18(11-15)25-9-8-24-17/h5-6,10-11,16H,3-4,7-9,12H2,1-2H3. The lowest BCUT2D eigenvalue weighted by Crippen LogP contribution is -2.34. The summed E-state index contributed by atoms with van der Waals surface area (Å²) in [5, 5.41) is 4.41. The molecule has 25 heavy (non-hydrogen) atoms. The average Bonchev–Trinajstić information content (AvgIpc) is 3.21. The molecule has 6 nitrogen and oxygen atoms in total. The van der Waals surface area contributed by atoms with E-state index < -0.39 is 0 Å². The van der Waals surface area contributed by atoms with Crippen molar-refractivity contribution in [3.8, 4) is 11.5 Å². The second kappa shape index (κ2) is 6.43. The van der Waals surface area contributed by atoms with Gasteiger partial charge in [0.25, 0.3) is 0 Å². The molecular weight excluding hydrogens is 318 g/mol. The van der Waals surface area contributed by atoms with Crippen molar-refractivity contribution in [3.63, 3.8) is 0 Å². The molecule has 0 spiro atoms. The van der Waals surface area contributed by atoms with Gasteiger partial charge in [0.1, 0.15) is 19.8 Å². The maximum atomic E-state index is 12.9. The van der Waals surface area contributed by atoms with Crippen molar-refractivity contribution in [3.05, 3.63) is 41.2 Å². The number of likely N-dealkylation sites (tertiary alicyclic amines) is 1. The highest BCUT2D eigenvalue weighted by Gasteiger charge is 2.31. The zero-order valence-electron chi connectivity index (χ0n) is 14.7. The first kappa shape index (κ1) is 16.0. The van der Waals surface area contributed by atoms with Crippen LogP contribution in [0.3, 0.4) is 0 Å². The minimum atomic E-state index is 0.0975. The average molecular weight is 341 g/mol. The number of nitrogens with zero attached hydrogens (tertiary/aromatic N) is 3. The van der Waals surface area contributed by atoms with Crippen molar-refractivity contribution in [1.82, 2.24) is 14.7 Å². The molecule has 2 aliphatic rings. The number of carbonyl (C=O) groups is 1. The van der Waals surface area contributed by atoms with Crippen LogP contribution in [0.4, 0.5) is 0 Å². The number of benzene rings is 1. The fourth-order valence-electron chi connectivity index (χ4n) is 3.73. The SMILES string of the molecule is Cc1cc(C)n(CC(=O)N2CCCC2c2ccc3c(c2)OCCO3)n1. The molecule has 1 unspecified atom stereocenters. The lowest BCUT2D eigenvalue weighted by molar-refractivity contribution is -0.133. The summed E-state index contributed by atoms with van der Waals surface area (Å²) in [6.45, 7) is 6.17. The summed E-state index contributed by atoms with van der Waals surface area (Å²) in [4.78, 5) is 14.8. The predicted molar refractivity (Wildman–Crippen MR) is 92.8 cm³/mol. The van der Waals surface area contributed by atoms with Crippen molar-refractivity contribution in [2.75, 3.05) is 19.8 Å². The Balaban J connectivity index is 1.54. The van der Waals surface area contributed by atoms with Crippen LogP contribution >= 0.6 is 0 Å². The van der Waals surface area contributed by atoms with E-state index in [2.05, 4.69) is 5.10 Å². The summed E-state index contributed by atoms with van der Waals surface area (Å²) >= 11 is 0. The van der Waals surface area contributed by atoms with Crippen LogP contribution in [0.2, 0.25) is 0 Å². The van der Waals surface area contributed by atoms with E-state index in [1.165, 1.54) is 0 Å². The van der Waals surface area contributed by atoms with Crippen LogP contribution in [0.1, 0.15) is 35.8 Å². The molecule has 0 radical (unpaired) electrons. The quantitative estimate of drug-likeness (QED) is 0.861. The lowest BCUT2D eigenvalue weighted by Gasteiger charge is -2.27. The fourth-order valence-corrected chi connectivity index (χ4v) is 3.73. The summed E-state index contributed by atoms with van der Waals surface area (Å²) in [7, 11) is 0. The number of ether oxygens (including phenoxy) is 2. The highest BCUT2D eigenvalue weighted by atomic mass is 16.6. The summed E-state index contributed by atoms with van der Waals surface area (Å²) in [5.41, 5.74) is 3.07. The van der Waals surface area contributed by atoms with E-state index >= 15 is 0 Å². The second-order valence-corrected chi connectivity index (χ2v) is 6.73. The van der Waals surface area contributed by atoms with Gasteiger partial charge in [-0.05, 0) is 50.5 Å². The van der Waals surface area contributed by atoms with Gasteiger partial charge in [0, 0.05) is 12.2 Å². The van der Waals surface area contributed by atoms with Gasteiger partial charge in [-0.2, -0.15) is 5.10 Å². The zero-order valence-corrected chi connectivity index (χ0v) is 14.7. The Morgan fingerprint density at radius 1 is 1.20 bits per heavy atom. The molecule has 132 valence electrons. The molecule has 0 N–H and O–H groups in total. The van der Waals surface area contributed by atoms with E-state index in [0.717, 1.165) is 47.8 Å². The maximum Gasteiger partial charge on any atom is 0.244 e. The predicted octanol–water partition coefficient (Wildman–Crippen LogP) is 2.63. The van der Waals surface area contributed by atoms with Crippen molar-refractivity contribution < 1.29 is 14.3 Å². The Morgan fingerprint density at radius 3 is 2.76 bits per heavy atom. The summed E-state index contributed by atoms with van der Waals surface area (Å²) in [5.74, 6) is 1.68. The number of fused-ring (bicyclic) bond motifs is 1. The van der Waals surface area contributed by atoms with Gasteiger partial charge in [-0.3, -0.25) is 9.48 Å². The van der Waals surface area contributed by atoms with Crippen LogP contribution in [0.5, 0.6) is 11.5 Å². The number of aryl methyl sites for hydroxylation is 2. The Morgan fingerprint density at radius 2 is 2.00 bits per heavy atom. The van der Waals surface area contributed by atoms with Crippen molar-refractivity contribution >= 4 is 5.91 Å². The normalized spacial score (nSPS) is 19.3. The molecule has 0 bridgehead atoms. The number of amides is 1. The van der Waals surface area contributed by atoms with Crippen LogP contribution in [0, 0.1) is 13.8 Å². The third-order valence-corrected chi connectivity index (χ3v) is 4.91. The molecule has 1 fully saturated rings. The Hall–Kier alpha value is -2.50. The van der Waals surface area contributed by atoms with Crippen LogP contribution in [0.15, 0.2) is 24.3 Å². The summed E-state index contributed by atoms with van der Waals surface area (Å²) in [6, 6.07) is 8.11. The fraction of sp³-hybridized carbons (Fsp3) is 0.474. The summed E-state index contributed by atoms with van der Waals surface area (Å²) in [6.07, 6.45) is 1.99. The molecule has 1 amide bonds. The molecule has 4 rings (SSSR count). The number of hydrogen-bond acceptors (Lipinski definition) is 4. The highest BCUT2D eigenvalue weighted by Crippen LogP contribution is 2.38. The largest absolute Gasteiger partial charge is 0.486 e. The smallest absolute Gasteiger partial charge is 0.244 e. The number of hydrogen-bond donors (Lipinski definition) is 0. The summed E-state index contributed by atoms with van der Waals surface area (Å²) < 4.78 is 13.1. The maximum absolute atomic E-state index is 12.9. The van der Waals surface area contributed by atoms with E-state index in [1.54, 1.807) is 4.68 Å². The first-order valence-corrected chi connectivity index (χ1v) is 8.82. The number of rotatable bonds is 3. The van der Waals surface area contributed by atoms with Crippen LogP contribution in [0.25, 0.3) is 0 Å². The molecule has 0 saturated carbocycles. The van der Waals surface area contributed by atoms with Crippen molar-refractivity contribution in [2.45, 2.75) is 39.3 Å². The van der Waals surface area contributed by atoms with Crippen LogP contribution < -0.4 is 9.47 Å². The van der Waals surface area contributed by atoms with E-state index in [0.29, 0.717) is 19.8 Å². The molecule has 1 saturated heterocycles. The molecule has 0 aliphatic carbocycles. The Labute approximate surface area is 147 Å². The van der Waals surface area contributed by atoms with Crippen molar-refractivity contribution in [1.29, 1.82) is 0 Å². The van der Waals surface area contributed by atoms with Gasteiger partial charge < -0.3 is 14.4 Å². The Kier molecular flexibility index (Phi) is 4.11. The third-order valence-electron chi connectivity index (χ3n) is 4.91. The van der Waals surface area contributed by atoms with Gasteiger partial charge in [-0.25, -0.2) is 0 Å². The van der Waals surface area contributed by atoms with E-state index in [1.807, 2.05) is 43.0 Å². The van der Waals surface area contributed by atoms with E-state index in [9.17, 15) is 4.79 Å². The molecule has 3 heterocycles. The van der Waals surface area contributed by atoms with Gasteiger partial charge >= 0.3 is 0 Å². The van der Waals surface area contributed by atoms with Gasteiger partial charge in [0.05, 0.1) is 11.7 Å². The van der Waals surface area contributed by atoms with Gasteiger partial charge in [-0.1, -0.05) is 6.07 Å².